The van der Waals surface area contributed by atoms with Gasteiger partial charge in [-0.05, 0) is 23.8 Å². The van der Waals surface area contributed by atoms with E-state index in [1.165, 1.54) is 16.2 Å². The average molecular weight is 477 g/mol. The molecule has 4 aromatic rings. The van der Waals surface area contributed by atoms with Gasteiger partial charge in [0.05, 0.1) is 37.6 Å². The van der Waals surface area contributed by atoms with Crippen molar-refractivity contribution in [3.63, 3.8) is 0 Å². The van der Waals surface area contributed by atoms with Crippen LogP contribution < -0.4 is 4.74 Å². The fraction of sp³-hybridized carbons (Fsp3) is 0.273. The minimum atomic E-state index is -3.35. The smallest absolute Gasteiger partial charge is 0.316 e. The summed E-state index contributed by atoms with van der Waals surface area (Å²) in [4.78, 5) is 14.3. The summed E-state index contributed by atoms with van der Waals surface area (Å²) in [5.41, 5.74) is 2.98. The summed E-state index contributed by atoms with van der Waals surface area (Å²) in [5, 5.41) is 19.4. The first-order chi connectivity index (χ1) is 16.3. The molecular formula is C22H20N8O3S. The van der Waals surface area contributed by atoms with Crippen molar-refractivity contribution >= 4 is 20.9 Å². The molecule has 11 nitrogen and oxygen atoms in total. The number of ether oxygens (including phenoxy) is 1. The SMILES string of the molecule is COc1ncc(-c2cc(-c3cnn(C4(CC#N)CN(S(C)(=O)=O)C4)n3)c3cccnc3c2)cn1. The van der Waals surface area contributed by atoms with Crippen molar-refractivity contribution in [3.8, 4) is 34.5 Å². The maximum Gasteiger partial charge on any atom is 0.316 e. The number of aromatic nitrogens is 6. The normalized spacial score (nSPS) is 15.6. The molecule has 0 saturated carbocycles. The van der Waals surface area contributed by atoms with Gasteiger partial charge in [0.15, 0.2) is 0 Å². The summed E-state index contributed by atoms with van der Waals surface area (Å²) >= 11 is 0. The number of nitrogens with zero attached hydrogens (tertiary/aromatic N) is 8. The monoisotopic (exact) mass is 476 g/mol. The zero-order valence-electron chi connectivity index (χ0n) is 18.5. The van der Waals surface area contributed by atoms with E-state index < -0.39 is 15.6 Å². The van der Waals surface area contributed by atoms with Crippen molar-refractivity contribution in [2.24, 2.45) is 0 Å². The van der Waals surface area contributed by atoms with Gasteiger partial charge in [-0.15, -0.1) is 0 Å². The van der Waals surface area contributed by atoms with Crippen LogP contribution in [0.4, 0.5) is 0 Å². The third kappa shape index (κ3) is 3.74. The maximum absolute atomic E-state index is 11.9. The van der Waals surface area contributed by atoms with Gasteiger partial charge in [-0.25, -0.2) is 18.4 Å². The molecule has 0 N–H and O–H groups in total. The molecule has 34 heavy (non-hydrogen) atoms. The predicted molar refractivity (Wildman–Crippen MR) is 123 cm³/mol. The summed E-state index contributed by atoms with van der Waals surface area (Å²) in [6.07, 6.45) is 7.93. The number of hydrogen-bond acceptors (Lipinski definition) is 9. The number of pyridine rings is 1. The summed E-state index contributed by atoms with van der Waals surface area (Å²) in [6.45, 7) is 0.304. The molecule has 1 aliphatic rings. The second-order valence-electron chi connectivity index (χ2n) is 8.16. The Morgan fingerprint density at radius 3 is 2.59 bits per heavy atom. The van der Waals surface area contributed by atoms with E-state index in [1.54, 1.807) is 24.8 Å². The predicted octanol–water partition coefficient (Wildman–Crippen LogP) is 1.84. The van der Waals surface area contributed by atoms with Crippen molar-refractivity contribution in [2.45, 2.75) is 12.0 Å². The van der Waals surface area contributed by atoms with Crippen LogP contribution in [-0.4, -0.2) is 69.1 Å². The van der Waals surface area contributed by atoms with Gasteiger partial charge in [-0.3, -0.25) is 4.98 Å². The lowest BCUT2D eigenvalue weighted by Gasteiger charge is -2.46. The van der Waals surface area contributed by atoms with Crippen LogP contribution >= 0.6 is 0 Å². The van der Waals surface area contributed by atoms with E-state index in [0.717, 1.165) is 33.8 Å². The molecule has 3 aromatic heterocycles. The Balaban J connectivity index is 1.58. The molecule has 12 heteroatoms. The Labute approximate surface area is 195 Å². The Kier molecular flexibility index (Phi) is 5.22. The highest BCUT2D eigenvalue weighted by molar-refractivity contribution is 7.88. The second kappa shape index (κ2) is 8.12. The highest BCUT2D eigenvalue weighted by Gasteiger charge is 2.50. The molecule has 1 aliphatic heterocycles. The molecule has 0 amide bonds. The topological polar surface area (TPSA) is 140 Å². The lowest BCUT2D eigenvalue weighted by molar-refractivity contribution is 0.0579. The molecule has 5 rings (SSSR count). The van der Waals surface area contributed by atoms with Crippen molar-refractivity contribution in [1.29, 1.82) is 5.26 Å². The number of hydrogen-bond donors (Lipinski definition) is 0. The van der Waals surface area contributed by atoms with E-state index in [2.05, 4.69) is 31.2 Å². The van der Waals surface area contributed by atoms with Gasteiger partial charge in [0, 0.05) is 48.2 Å². The summed E-state index contributed by atoms with van der Waals surface area (Å²) in [6, 6.07) is 10.1. The Morgan fingerprint density at radius 2 is 1.91 bits per heavy atom. The maximum atomic E-state index is 11.9. The van der Waals surface area contributed by atoms with Crippen molar-refractivity contribution in [1.82, 2.24) is 34.3 Å². The first kappa shape index (κ1) is 21.9. The number of nitriles is 1. The molecule has 0 aliphatic carbocycles. The zero-order chi connectivity index (χ0) is 23.9. The third-order valence-corrected chi connectivity index (χ3v) is 7.07. The van der Waals surface area contributed by atoms with E-state index in [4.69, 9.17) is 4.74 Å². The molecule has 0 spiro atoms. The molecule has 1 aromatic carbocycles. The molecule has 4 heterocycles. The number of rotatable bonds is 6. The second-order valence-corrected chi connectivity index (χ2v) is 10.1. The van der Waals surface area contributed by atoms with Crippen LogP contribution in [0.1, 0.15) is 6.42 Å². The Bertz CT molecular complexity index is 1520. The lowest BCUT2D eigenvalue weighted by Crippen LogP contribution is -2.64. The molecule has 1 fully saturated rings. The van der Waals surface area contributed by atoms with Gasteiger partial charge in [0.25, 0.3) is 0 Å². The molecule has 0 radical (unpaired) electrons. The number of sulfonamides is 1. The fourth-order valence-corrected chi connectivity index (χ4v) is 5.00. The number of benzene rings is 1. The van der Waals surface area contributed by atoms with Crippen LogP contribution in [0.5, 0.6) is 6.01 Å². The minimum Gasteiger partial charge on any atom is -0.467 e. The van der Waals surface area contributed by atoms with E-state index >= 15 is 0 Å². The lowest BCUT2D eigenvalue weighted by atomic mass is 9.90. The third-order valence-electron chi connectivity index (χ3n) is 5.88. The quantitative estimate of drug-likeness (QED) is 0.408. The summed E-state index contributed by atoms with van der Waals surface area (Å²) in [5.74, 6) is 0. The van der Waals surface area contributed by atoms with Crippen LogP contribution in [0, 0.1) is 11.3 Å². The number of fused-ring (bicyclic) bond motifs is 1. The number of methoxy groups -OCH3 is 1. The summed E-state index contributed by atoms with van der Waals surface area (Å²) in [7, 11) is -1.85. The van der Waals surface area contributed by atoms with Gasteiger partial charge >= 0.3 is 6.01 Å². The zero-order valence-corrected chi connectivity index (χ0v) is 19.3. The average Bonchev–Trinajstić information content (AvgIpc) is 3.30. The Morgan fingerprint density at radius 1 is 1.15 bits per heavy atom. The highest BCUT2D eigenvalue weighted by atomic mass is 32.2. The largest absolute Gasteiger partial charge is 0.467 e. The van der Waals surface area contributed by atoms with Gasteiger partial charge in [-0.1, -0.05) is 6.07 Å². The van der Waals surface area contributed by atoms with Crippen molar-refractivity contribution in [3.05, 3.63) is 49.1 Å². The molecule has 172 valence electrons. The van der Waals surface area contributed by atoms with Crippen LogP contribution in [0.25, 0.3) is 33.3 Å². The van der Waals surface area contributed by atoms with E-state index in [0.29, 0.717) is 5.69 Å². The van der Waals surface area contributed by atoms with Gasteiger partial charge < -0.3 is 4.74 Å². The van der Waals surface area contributed by atoms with Crippen LogP contribution in [0.3, 0.4) is 0 Å². The fourth-order valence-electron chi connectivity index (χ4n) is 4.05. The summed E-state index contributed by atoms with van der Waals surface area (Å²) < 4.78 is 30.1. The highest BCUT2D eigenvalue weighted by Crippen LogP contribution is 2.36. The van der Waals surface area contributed by atoms with Crippen LogP contribution in [0.15, 0.2) is 49.1 Å². The van der Waals surface area contributed by atoms with Crippen molar-refractivity contribution < 1.29 is 13.2 Å². The van der Waals surface area contributed by atoms with E-state index in [1.807, 2.05) is 24.3 Å². The minimum absolute atomic E-state index is 0.0959. The first-order valence-electron chi connectivity index (χ1n) is 10.3. The molecule has 0 bridgehead atoms. The standard InChI is InChI=1S/C22H20N8O3S/c1-33-21-25-10-16(11-26-21)15-8-18(17-4-3-7-24-19(17)9-15)20-12-27-30(28-20)22(5-6-23)13-29(14-22)34(2,31)32/h3-4,7-12H,5,13-14H2,1-2H3. The van der Waals surface area contributed by atoms with Gasteiger partial charge in [0.1, 0.15) is 11.2 Å². The van der Waals surface area contributed by atoms with Gasteiger partial charge in [0.2, 0.25) is 10.0 Å². The van der Waals surface area contributed by atoms with Gasteiger partial charge in [-0.2, -0.15) is 24.6 Å². The van der Waals surface area contributed by atoms with E-state index in [9.17, 15) is 13.7 Å². The first-order valence-corrected chi connectivity index (χ1v) is 12.2. The molecular weight excluding hydrogens is 456 g/mol. The Hall–Kier alpha value is -3.95. The van der Waals surface area contributed by atoms with E-state index in [-0.39, 0.29) is 25.5 Å². The molecule has 1 saturated heterocycles. The molecule has 0 atom stereocenters. The van der Waals surface area contributed by atoms with Crippen molar-refractivity contribution in [2.75, 3.05) is 26.5 Å². The van der Waals surface area contributed by atoms with Crippen LogP contribution in [-0.2, 0) is 15.6 Å². The van der Waals surface area contributed by atoms with Crippen LogP contribution in [0.2, 0.25) is 0 Å². The molecule has 0 unspecified atom stereocenters.